The molecule has 0 aliphatic heterocycles. The Morgan fingerprint density at radius 2 is 1.90 bits per heavy atom. The fourth-order valence-electron chi connectivity index (χ4n) is 2.35. The first-order chi connectivity index (χ1) is 10.2. The molecule has 3 aromatic rings. The maximum Gasteiger partial charge on any atom is 0.337 e. The van der Waals surface area contributed by atoms with E-state index in [-0.39, 0.29) is 5.97 Å². The number of hydrogen-bond acceptors (Lipinski definition) is 4. The molecule has 0 aliphatic rings. The molecule has 0 atom stereocenters. The van der Waals surface area contributed by atoms with Gasteiger partial charge in [-0.05, 0) is 23.8 Å². The SMILES string of the molecule is COC(=O)c1ccc2sc(C=O)c(-c3ccccc3)c2c1. The summed E-state index contributed by atoms with van der Waals surface area (Å²) in [4.78, 5) is 23.7. The number of ether oxygens (including phenoxy) is 1. The fourth-order valence-corrected chi connectivity index (χ4v) is 3.37. The van der Waals surface area contributed by atoms with Crippen LogP contribution in [-0.2, 0) is 4.74 Å². The standard InChI is InChI=1S/C17H12O3S/c1-20-17(19)12-7-8-14-13(9-12)16(15(10-18)21-14)11-5-3-2-4-6-11/h2-10H,1H3. The minimum atomic E-state index is -0.380. The van der Waals surface area contributed by atoms with Crippen LogP contribution in [0.3, 0.4) is 0 Å². The maximum atomic E-state index is 11.7. The molecule has 0 fully saturated rings. The molecule has 21 heavy (non-hydrogen) atoms. The molecule has 0 N–H and O–H groups in total. The number of thiophene rings is 1. The zero-order chi connectivity index (χ0) is 14.8. The van der Waals surface area contributed by atoms with Crippen LogP contribution in [0.2, 0.25) is 0 Å². The molecular weight excluding hydrogens is 284 g/mol. The van der Waals surface area contributed by atoms with Crippen molar-refractivity contribution in [2.24, 2.45) is 0 Å². The normalized spacial score (nSPS) is 10.5. The Hall–Kier alpha value is -2.46. The van der Waals surface area contributed by atoms with Crippen molar-refractivity contribution in [3.63, 3.8) is 0 Å². The number of rotatable bonds is 3. The summed E-state index contributed by atoms with van der Waals surface area (Å²) in [6, 6.07) is 15.1. The van der Waals surface area contributed by atoms with Gasteiger partial charge < -0.3 is 4.74 Å². The smallest absolute Gasteiger partial charge is 0.337 e. The van der Waals surface area contributed by atoms with Gasteiger partial charge >= 0.3 is 5.97 Å². The zero-order valence-electron chi connectivity index (χ0n) is 11.3. The zero-order valence-corrected chi connectivity index (χ0v) is 12.1. The van der Waals surface area contributed by atoms with Crippen molar-refractivity contribution < 1.29 is 14.3 Å². The van der Waals surface area contributed by atoms with Crippen LogP contribution >= 0.6 is 11.3 Å². The molecule has 1 heterocycles. The lowest BCUT2D eigenvalue weighted by molar-refractivity contribution is 0.0601. The van der Waals surface area contributed by atoms with Crippen molar-refractivity contribution in [1.82, 2.24) is 0 Å². The molecule has 4 heteroatoms. The minimum absolute atomic E-state index is 0.380. The van der Waals surface area contributed by atoms with Gasteiger partial charge in [0.25, 0.3) is 0 Å². The lowest BCUT2D eigenvalue weighted by atomic mass is 10.0. The number of fused-ring (bicyclic) bond motifs is 1. The molecule has 0 amide bonds. The van der Waals surface area contributed by atoms with Crippen molar-refractivity contribution in [2.45, 2.75) is 0 Å². The fraction of sp³-hybridized carbons (Fsp3) is 0.0588. The maximum absolute atomic E-state index is 11.7. The van der Waals surface area contributed by atoms with Crippen LogP contribution in [0.5, 0.6) is 0 Å². The number of benzene rings is 2. The van der Waals surface area contributed by atoms with E-state index in [0.717, 1.165) is 27.5 Å². The Morgan fingerprint density at radius 3 is 2.57 bits per heavy atom. The largest absolute Gasteiger partial charge is 0.465 e. The molecule has 104 valence electrons. The molecule has 0 saturated heterocycles. The summed E-state index contributed by atoms with van der Waals surface area (Å²) in [6.07, 6.45) is 0.866. The molecule has 0 aliphatic carbocycles. The second kappa shape index (κ2) is 5.50. The molecule has 1 aromatic heterocycles. The van der Waals surface area contributed by atoms with Gasteiger partial charge in [-0.1, -0.05) is 30.3 Å². The molecule has 0 spiro atoms. The number of methoxy groups -OCH3 is 1. The first kappa shape index (κ1) is 13.5. The third-order valence-electron chi connectivity index (χ3n) is 3.31. The summed E-state index contributed by atoms with van der Waals surface area (Å²) in [5.74, 6) is -0.380. The number of aldehydes is 1. The van der Waals surface area contributed by atoms with E-state index in [2.05, 4.69) is 0 Å². The molecular formula is C17H12O3S. The van der Waals surface area contributed by atoms with Gasteiger partial charge in [0, 0.05) is 15.6 Å². The van der Waals surface area contributed by atoms with E-state index in [1.54, 1.807) is 12.1 Å². The average Bonchev–Trinajstić information content (AvgIpc) is 2.92. The third kappa shape index (κ3) is 2.34. The van der Waals surface area contributed by atoms with E-state index >= 15 is 0 Å². The van der Waals surface area contributed by atoms with Crippen LogP contribution < -0.4 is 0 Å². The van der Waals surface area contributed by atoms with Crippen molar-refractivity contribution in [3.8, 4) is 11.1 Å². The summed E-state index contributed by atoms with van der Waals surface area (Å²) in [7, 11) is 1.36. The Morgan fingerprint density at radius 1 is 1.14 bits per heavy atom. The molecule has 0 radical (unpaired) electrons. The Kier molecular flexibility index (Phi) is 3.54. The highest BCUT2D eigenvalue weighted by atomic mass is 32.1. The number of hydrogen-bond donors (Lipinski definition) is 0. The van der Waals surface area contributed by atoms with Crippen molar-refractivity contribution in [3.05, 3.63) is 59.0 Å². The van der Waals surface area contributed by atoms with Crippen molar-refractivity contribution >= 4 is 33.7 Å². The van der Waals surface area contributed by atoms with Gasteiger partial charge in [0.2, 0.25) is 0 Å². The average molecular weight is 296 g/mol. The molecule has 2 aromatic carbocycles. The summed E-state index contributed by atoms with van der Waals surface area (Å²) in [6.45, 7) is 0. The van der Waals surface area contributed by atoms with E-state index in [1.807, 2.05) is 36.4 Å². The molecule has 0 saturated carbocycles. The quantitative estimate of drug-likeness (QED) is 0.538. The van der Waals surface area contributed by atoms with Crippen LogP contribution in [0.4, 0.5) is 0 Å². The highest BCUT2D eigenvalue weighted by Gasteiger charge is 2.15. The topological polar surface area (TPSA) is 43.4 Å². The van der Waals surface area contributed by atoms with Crippen LogP contribution in [0.25, 0.3) is 21.2 Å². The Labute approximate surface area is 125 Å². The molecule has 0 unspecified atom stereocenters. The predicted molar refractivity (Wildman–Crippen MR) is 84.0 cm³/mol. The second-order valence-electron chi connectivity index (χ2n) is 4.53. The molecule has 0 bridgehead atoms. The number of carbonyl (C=O) groups is 2. The predicted octanol–water partition coefficient (Wildman–Crippen LogP) is 4.17. The van der Waals surface area contributed by atoms with E-state index < -0.39 is 0 Å². The van der Waals surface area contributed by atoms with Crippen LogP contribution in [0.15, 0.2) is 48.5 Å². The summed E-state index contributed by atoms with van der Waals surface area (Å²) < 4.78 is 5.73. The van der Waals surface area contributed by atoms with Gasteiger partial charge in [-0.3, -0.25) is 4.79 Å². The summed E-state index contributed by atoms with van der Waals surface area (Å²) >= 11 is 1.43. The van der Waals surface area contributed by atoms with Gasteiger partial charge in [-0.2, -0.15) is 0 Å². The minimum Gasteiger partial charge on any atom is -0.465 e. The first-order valence-electron chi connectivity index (χ1n) is 6.40. The van der Waals surface area contributed by atoms with Gasteiger partial charge in [-0.25, -0.2) is 4.79 Å². The second-order valence-corrected chi connectivity index (χ2v) is 5.61. The van der Waals surface area contributed by atoms with Crippen molar-refractivity contribution in [1.29, 1.82) is 0 Å². The first-order valence-corrected chi connectivity index (χ1v) is 7.21. The Balaban J connectivity index is 2.30. The molecule has 3 nitrogen and oxygen atoms in total. The van der Waals surface area contributed by atoms with Crippen LogP contribution in [0.1, 0.15) is 20.0 Å². The number of carbonyl (C=O) groups excluding carboxylic acids is 2. The Bertz CT molecular complexity index is 819. The van der Waals surface area contributed by atoms with Crippen LogP contribution in [0, 0.1) is 0 Å². The van der Waals surface area contributed by atoms with E-state index in [4.69, 9.17) is 4.74 Å². The van der Waals surface area contributed by atoms with E-state index in [9.17, 15) is 9.59 Å². The lowest BCUT2D eigenvalue weighted by Crippen LogP contribution is -2.00. The highest BCUT2D eigenvalue weighted by Crippen LogP contribution is 2.38. The van der Waals surface area contributed by atoms with Gasteiger partial charge in [0.1, 0.15) is 0 Å². The molecule has 3 rings (SSSR count). The van der Waals surface area contributed by atoms with Crippen molar-refractivity contribution in [2.75, 3.05) is 7.11 Å². The highest BCUT2D eigenvalue weighted by molar-refractivity contribution is 7.21. The van der Waals surface area contributed by atoms with Crippen LogP contribution in [-0.4, -0.2) is 19.4 Å². The van der Waals surface area contributed by atoms with E-state index in [1.165, 1.54) is 18.4 Å². The summed E-state index contributed by atoms with van der Waals surface area (Å²) in [5.41, 5.74) is 2.32. The number of esters is 1. The van der Waals surface area contributed by atoms with E-state index in [0.29, 0.717) is 10.4 Å². The van der Waals surface area contributed by atoms with Gasteiger partial charge in [-0.15, -0.1) is 11.3 Å². The van der Waals surface area contributed by atoms with Gasteiger partial charge in [0.15, 0.2) is 6.29 Å². The van der Waals surface area contributed by atoms with Gasteiger partial charge in [0.05, 0.1) is 17.6 Å². The third-order valence-corrected chi connectivity index (χ3v) is 4.40. The monoisotopic (exact) mass is 296 g/mol. The summed E-state index contributed by atoms with van der Waals surface area (Å²) in [5, 5.41) is 0.899. The lowest BCUT2D eigenvalue weighted by Gasteiger charge is -2.03.